The average Bonchev–Trinajstić information content (AvgIpc) is 2.72. The van der Waals surface area contributed by atoms with Gasteiger partial charge in [0, 0.05) is 6.61 Å². The molecule has 1 saturated heterocycles. The maximum atomic E-state index is 5.99. The Balaban J connectivity index is 0.00000102. The van der Waals surface area contributed by atoms with E-state index in [-0.39, 0.29) is 5.41 Å². The predicted octanol–water partition coefficient (Wildman–Crippen LogP) is 5.52. The first-order chi connectivity index (χ1) is 13.2. The lowest BCUT2D eigenvalue weighted by Crippen LogP contribution is -2.42. The fourth-order valence-corrected chi connectivity index (χ4v) is 5.16. The van der Waals surface area contributed by atoms with Gasteiger partial charge < -0.3 is 14.2 Å². The minimum absolute atomic E-state index is 0.259. The summed E-state index contributed by atoms with van der Waals surface area (Å²) >= 11 is 0. The Bertz CT molecular complexity index is 651. The third-order valence-corrected chi connectivity index (χ3v) is 6.52. The van der Waals surface area contributed by atoms with Crippen LogP contribution in [-0.4, -0.2) is 33.5 Å². The number of aryl methyl sites for hydroxylation is 1. The van der Waals surface area contributed by atoms with Crippen molar-refractivity contribution in [2.24, 2.45) is 17.3 Å². The number of ether oxygens (including phenoxy) is 3. The van der Waals surface area contributed by atoms with Gasteiger partial charge in [-0.3, -0.25) is 0 Å². The molecule has 3 nitrogen and oxygen atoms in total. The van der Waals surface area contributed by atoms with Crippen LogP contribution in [-0.2, 0) is 15.9 Å². The molecule has 2 aliphatic carbocycles. The third kappa shape index (κ3) is 4.25. The standard InChI is InChI=1S/C22H30O3.C2H6/c1-22-10-9-19-18-8-6-17(23-2)14-16(18)5-7-20(19)21(22)4-3-11-24-12-13-25-15-22;1-2/h6,8-9,14,20-21H,3-5,7,10-13,15H2,1-2H3;1-2H3. The molecule has 3 heteroatoms. The van der Waals surface area contributed by atoms with Gasteiger partial charge in [0.05, 0.1) is 26.9 Å². The Morgan fingerprint density at radius 1 is 1.07 bits per heavy atom. The van der Waals surface area contributed by atoms with Gasteiger partial charge in [-0.25, -0.2) is 0 Å². The summed E-state index contributed by atoms with van der Waals surface area (Å²) in [7, 11) is 1.75. The van der Waals surface area contributed by atoms with E-state index in [0.717, 1.165) is 45.0 Å². The van der Waals surface area contributed by atoms with Gasteiger partial charge in [0.15, 0.2) is 0 Å². The molecule has 0 N–H and O–H groups in total. The second kappa shape index (κ2) is 9.25. The molecule has 4 rings (SSSR count). The van der Waals surface area contributed by atoms with E-state index < -0.39 is 0 Å². The predicted molar refractivity (Wildman–Crippen MR) is 111 cm³/mol. The molecule has 0 amide bonds. The minimum Gasteiger partial charge on any atom is -0.497 e. The lowest BCUT2D eigenvalue weighted by molar-refractivity contribution is -0.0387. The van der Waals surface area contributed by atoms with Crippen molar-refractivity contribution in [2.45, 2.75) is 52.9 Å². The molecule has 1 fully saturated rings. The zero-order valence-corrected chi connectivity index (χ0v) is 17.6. The van der Waals surface area contributed by atoms with Crippen LogP contribution < -0.4 is 4.74 Å². The van der Waals surface area contributed by atoms with Crippen LogP contribution >= 0.6 is 0 Å². The lowest BCUT2D eigenvalue weighted by atomic mass is 9.58. The van der Waals surface area contributed by atoms with Gasteiger partial charge >= 0.3 is 0 Å². The molecule has 0 radical (unpaired) electrons. The van der Waals surface area contributed by atoms with E-state index in [1.807, 2.05) is 13.8 Å². The van der Waals surface area contributed by atoms with Crippen molar-refractivity contribution < 1.29 is 14.2 Å². The molecular weight excluding hydrogens is 336 g/mol. The Kier molecular flexibility index (Phi) is 6.99. The average molecular weight is 373 g/mol. The zero-order valence-electron chi connectivity index (χ0n) is 17.6. The fourth-order valence-electron chi connectivity index (χ4n) is 5.16. The van der Waals surface area contributed by atoms with Gasteiger partial charge in [-0.15, -0.1) is 0 Å². The van der Waals surface area contributed by atoms with Crippen molar-refractivity contribution in [1.82, 2.24) is 0 Å². The molecule has 1 aliphatic heterocycles. The Morgan fingerprint density at radius 2 is 1.89 bits per heavy atom. The number of hydrogen-bond donors (Lipinski definition) is 0. The van der Waals surface area contributed by atoms with E-state index in [4.69, 9.17) is 14.2 Å². The first kappa shape index (κ1) is 20.4. The number of fused-ring (bicyclic) bond motifs is 5. The van der Waals surface area contributed by atoms with Gasteiger partial charge in [-0.1, -0.05) is 32.9 Å². The van der Waals surface area contributed by atoms with E-state index in [0.29, 0.717) is 11.8 Å². The maximum Gasteiger partial charge on any atom is 0.119 e. The SMILES string of the molecule is CC.COc1ccc2c(c1)CCC1C2=CCC2(C)COCCOCCCC12. The highest BCUT2D eigenvalue weighted by atomic mass is 16.5. The van der Waals surface area contributed by atoms with Crippen molar-refractivity contribution in [3.05, 3.63) is 35.4 Å². The summed E-state index contributed by atoms with van der Waals surface area (Å²) in [6.07, 6.45) is 8.44. The molecule has 3 aliphatic rings. The first-order valence-corrected chi connectivity index (χ1v) is 10.7. The van der Waals surface area contributed by atoms with Crippen LogP contribution in [0, 0.1) is 17.3 Å². The highest BCUT2D eigenvalue weighted by Gasteiger charge is 2.44. The Hall–Kier alpha value is -1.32. The van der Waals surface area contributed by atoms with Crippen molar-refractivity contribution in [1.29, 1.82) is 0 Å². The molecule has 0 saturated carbocycles. The molecule has 3 unspecified atom stereocenters. The molecule has 27 heavy (non-hydrogen) atoms. The summed E-state index contributed by atoms with van der Waals surface area (Å²) in [5, 5.41) is 0. The summed E-state index contributed by atoms with van der Waals surface area (Å²) in [5.41, 5.74) is 4.73. The lowest BCUT2D eigenvalue weighted by Gasteiger charge is -2.48. The quantitative estimate of drug-likeness (QED) is 0.649. The van der Waals surface area contributed by atoms with Crippen LogP contribution in [0.1, 0.15) is 57.6 Å². The summed E-state index contributed by atoms with van der Waals surface area (Å²) in [4.78, 5) is 0. The van der Waals surface area contributed by atoms with Crippen LogP contribution in [0.15, 0.2) is 24.3 Å². The monoisotopic (exact) mass is 372 g/mol. The summed E-state index contributed by atoms with van der Waals surface area (Å²) in [5.74, 6) is 2.31. The second-order valence-electron chi connectivity index (χ2n) is 8.10. The van der Waals surface area contributed by atoms with Crippen molar-refractivity contribution >= 4 is 5.57 Å². The van der Waals surface area contributed by atoms with E-state index in [1.54, 1.807) is 12.7 Å². The van der Waals surface area contributed by atoms with Crippen molar-refractivity contribution in [3.63, 3.8) is 0 Å². The van der Waals surface area contributed by atoms with E-state index in [9.17, 15) is 0 Å². The van der Waals surface area contributed by atoms with Gasteiger partial charge in [-0.2, -0.15) is 0 Å². The summed E-state index contributed by atoms with van der Waals surface area (Å²) in [6, 6.07) is 6.61. The third-order valence-electron chi connectivity index (χ3n) is 6.52. The van der Waals surface area contributed by atoms with E-state index >= 15 is 0 Å². The van der Waals surface area contributed by atoms with Gasteiger partial charge in [0.1, 0.15) is 5.75 Å². The molecule has 150 valence electrons. The van der Waals surface area contributed by atoms with E-state index in [2.05, 4.69) is 31.2 Å². The fraction of sp³-hybridized carbons (Fsp3) is 0.667. The molecule has 3 atom stereocenters. The number of hydrogen-bond acceptors (Lipinski definition) is 3. The van der Waals surface area contributed by atoms with Crippen LogP contribution in [0.3, 0.4) is 0 Å². The van der Waals surface area contributed by atoms with E-state index in [1.165, 1.54) is 30.4 Å². The highest BCUT2D eigenvalue weighted by Crippen LogP contribution is 2.53. The first-order valence-electron chi connectivity index (χ1n) is 10.7. The van der Waals surface area contributed by atoms with Gasteiger partial charge in [-0.05, 0) is 78.2 Å². The van der Waals surface area contributed by atoms with Crippen LogP contribution in [0.25, 0.3) is 5.57 Å². The summed E-state index contributed by atoms with van der Waals surface area (Å²) < 4.78 is 17.1. The Labute approximate surface area is 165 Å². The van der Waals surface area contributed by atoms with Crippen LogP contribution in [0.4, 0.5) is 0 Å². The molecule has 0 bridgehead atoms. The topological polar surface area (TPSA) is 27.7 Å². The zero-order chi connectivity index (χ0) is 19.3. The van der Waals surface area contributed by atoms with Crippen LogP contribution in [0.5, 0.6) is 5.75 Å². The molecule has 0 aromatic heterocycles. The normalized spacial score (nSPS) is 30.4. The number of rotatable bonds is 1. The number of allylic oxidation sites excluding steroid dienone is 2. The summed E-state index contributed by atoms with van der Waals surface area (Å²) in [6.45, 7) is 9.63. The second-order valence-corrected chi connectivity index (χ2v) is 8.10. The molecule has 1 aromatic carbocycles. The molecule has 0 spiro atoms. The minimum atomic E-state index is 0.259. The maximum absolute atomic E-state index is 5.99. The van der Waals surface area contributed by atoms with Crippen LogP contribution in [0.2, 0.25) is 0 Å². The van der Waals surface area contributed by atoms with Crippen molar-refractivity contribution in [3.8, 4) is 5.75 Å². The van der Waals surface area contributed by atoms with Crippen molar-refractivity contribution in [2.75, 3.05) is 33.5 Å². The Morgan fingerprint density at radius 3 is 2.70 bits per heavy atom. The largest absolute Gasteiger partial charge is 0.497 e. The number of benzene rings is 1. The molecular formula is C24H36O3. The smallest absolute Gasteiger partial charge is 0.119 e. The highest BCUT2D eigenvalue weighted by molar-refractivity contribution is 5.73. The molecule has 1 aromatic rings. The molecule has 1 heterocycles. The van der Waals surface area contributed by atoms with Gasteiger partial charge in [0.2, 0.25) is 0 Å². The number of methoxy groups -OCH3 is 1. The van der Waals surface area contributed by atoms with Gasteiger partial charge in [0.25, 0.3) is 0 Å².